The minimum atomic E-state index is -0.217. The molecule has 102 valence electrons. The fraction of sp³-hybridized carbons (Fsp3) is 0. The predicted molar refractivity (Wildman–Crippen MR) is 77.0 cm³/mol. The Morgan fingerprint density at radius 2 is 2.19 bits per heavy atom. The molecule has 7 nitrogen and oxygen atoms in total. The van der Waals surface area contributed by atoms with Crippen molar-refractivity contribution < 1.29 is 4.79 Å². The molecule has 2 N–H and O–H groups in total. The number of nitrogens with one attached hydrogen (secondary N) is 2. The Morgan fingerprint density at radius 1 is 1.24 bits per heavy atom. The van der Waals surface area contributed by atoms with E-state index in [1.807, 2.05) is 12.1 Å². The van der Waals surface area contributed by atoms with Crippen LogP contribution in [0.2, 0.25) is 0 Å². The van der Waals surface area contributed by atoms with Crippen molar-refractivity contribution in [3.8, 4) is 0 Å². The highest BCUT2D eigenvalue weighted by molar-refractivity contribution is 6.05. The molecule has 0 aliphatic rings. The van der Waals surface area contributed by atoms with E-state index in [0.717, 1.165) is 10.9 Å². The zero-order chi connectivity index (χ0) is 14.2. The molecule has 0 atom stereocenters. The zero-order valence-electron chi connectivity index (χ0n) is 10.8. The van der Waals surface area contributed by atoms with Crippen molar-refractivity contribution in [1.82, 2.24) is 24.8 Å². The van der Waals surface area contributed by atoms with Gasteiger partial charge in [-0.3, -0.25) is 9.89 Å². The molecule has 7 heteroatoms. The monoisotopic (exact) mass is 278 g/mol. The third-order valence-electron chi connectivity index (χ3n) is 3.22. The number of H-pyrrole nitrogens is 1. The lowest BCUT2D eigenvalue weighted by atomic mass is 10.1. The van der Waals surface area contributed by atoms with Gasteiger partial charge in [0.05, 0.1) is 17.9 Å². The first kappa shape index (κ1) is 11.6. The number of hydrogen-bond donors (Lipinski definition) is 2. The summed E-state index contributed by atoms with van der Waals surface area (Å²) in [5, 5.41) is 14.6. The molecular weight excluding hydrogens is 268 g/mol. The lowest BCUT2D eigenvalue weighted by molar-refractivity contribution is 0.102. The first-order valence-corrected chi connectivity index (χ1v) is 6.34. The van der Waals surface area contributed by atoms with Gasteiger partial charge < -0.3 is 5.32 Å². The highest BCUT2D eigenvalue weighted by atomic mass is 16.1. The van der Waals surface area contributed by atoms with E-state index in [1.54, 1.807) is 41.3 Å². The lowest BCUT2D eigenvalue weighted by Gasteiger charge is -2.04. The third-order valence-corrected chi connectivity index (χ3v) is 3.22. The molecule has 1 amide bonds. The van der Waals surface area contributed by atoms with E-state index >= 15 is 0 Å². The molecule has 3 aromatic heterocycles. The maximum absolute atomic E-state index is 12.3. The van der Waals surface area contributed by atoms with Gasteiger partial charge in [0.2, 0.25) is 0 Å². The molecule has 0 saturated heterocycles. The number of carbonyl (C=O) groups is 1. The second kappa shape index (κ2) is 4.41. The SMILES string of the molecule is O=C(Nc1cnc2cccnn12)c1ccc2[nH]ncc2c1. The molecule has 0 spiro atoms. The zero-order valence-corrected chi connectivity index (χ0v) is 10.8. The Morgan fingerprint density at radius 3 is 3.14 bits per heavy atom. The largest absolute Gasteiger partial charge is 0.305 e. The topological polar surface area (TPSA) is 88.0 Å². The summed E-state index contributed by atoms with van der Waals surface area (Å²) >= 11 is 0. The van der Waals surface area contributed by atoms with Crippen molar-refractivity contribution >= 4 is 28.3 Å². The molecule has 1 aromatic carbocycles. The summed E-state index contributed by atoms with van der Waals surface area (Å²) < 4.78 is 1.58. The van der Waals surface area contributed by atoms with Gasteiger partial charge in [0, 0.05) is 17.1 Å². The Bertz CT molecular complexity index is 954. The fourth-order valence-electron chi connectivity index (χ4n) is 2.19. The van der Waals surface area contributed by atoms with Crippen LogP contribution in [0.15, 0.2) is 48.9 Å². The maximum Gasteiger partial charge on any atom is 0.256 e. The summed E-state index contributed by atoms with van der Waals surface area (Å²) in [5.41, 5.74) is 2.12. The maximum atomic E-state index is 12.3. The summed E-state index contributed by atoms with van der Waals surface area (Å²) in [5.74, 6) is 0.313. The number of aromatic nitrogens is 5. The summed E-state index contributed by atoms with van der Waals surface area (Å²) in [6, 6.07) is 8.96. The van der Waals surface area contributed by atoms with Crippen molar-refractivity contribution in [3.63, 3.8) is 0 Å². The van der Waals surface area contributed by atoms with Crippen molar-refractivity contribution in [2.45, 2.75) is 0 Å². The number of hydrogen-bond acceptors (Lipinski definition) is 4. The number of anilines is 1. The first-order chi connectivity index (χ1) is 10.3. The average molecular weight is 278 g/mol. The number of carbonyl (C=O) groups excluding carboxylic acids is 1. The Balaban J connectivity index is 1.68. The van der Waals surface area contributed by atoms with Crippen LogP contribution in [-0.4, -0.2) is 30.7 Å². The fourth-order valence-corrected chi connectivity index (χ4v) is 2.19. The molecule has 3 heterocycles. The molecule has 21 heavy (non-hydrogen) atoms. The summed E-state index contributed by atoms with van der Waals surface area (Å²) in [6.07, 6.45) is 4.90. The van der Waals surface area contributed by atoms with Crippen LogP contribution < -0.4 is 5.32 Å². The van der Waals surface area contributed by atoms with Crippen molar-refractivity contribution in [1.29, 1.82) is 0 Å². The summed E-state index contributed by atoms with van der Waals surface area (Å²) in [6.45, 7) is 0. The molecule has 0 aliphatic carbocycles. The van der Waals surface area contributed by atoms with Crippen LogP contribution in [0.4, 0.5) is 5.82 Å². The van der Waals surface area contributed by atoms with E-state index in [0.29, 0.717) is 17.0 Å². The molecular formula is C14H10N6O. The number of fused-ring (bicyclic) bond motifs is 2. The molecule has 4 rings (SSSR count). The average Bonchev–Trinajstić information content (AvgIpc) is 3.13. The van der Waals surface area contributed by atoms with Gasteiger partial charge in [-0.25, -0.2) is 4.98 Å². The van der Waals surface area contributed by atoms with Gasteiger partial charge in [0.1, 0.15) is 0 Å². The van der Waals surface area contributed by atoms with Crippen LogP contribution in [-0.2, 0) is 0 Å². The van der Waals surface area contributed by atoms with Gasteiger partial charge in [-0.2, -0.15) is 14.7 Å². The van der Waals surface area contributed by atoms with E-state index in [-0.39, 0.29) is 5.91 Å². The quantitative estimate of drug-likeness (QED) is 0.585. The number of aromatic amines is 1. The van der Waals surface area contributed by atoms with Gasteiger partial charge in [-0.15, -0.1) is 0 Å². The standard InChI is InChI=1S/C14H10N6O/c21-14(9-3-4-11-10(6-9)7-16-19-11)18-13-8-15-12-2-1-5-17-20(12)13/h1-8H,(H,16,19)(H,18,21). The minimum Gasteiger partial charge on any atom is -0.305 e. The van der Waals surface area contributed by atoms with Crippen molar-refractivity contribution in [2.24, 2.45) is 0 Å². The normalized spacial score (nSPS) is 11.0. The smallest absolute Gasteiger partial charge is 0.256 e. The van der Waals surface area contributed by atoms with E-state index in [2.05, 4.69) is 25.6 Å². The molecule has 0 fully saturated rings. The number of nitrogens with zero attached hydrogens (tertiary/aromatic N) is 4. The summed E-state index contributed by atoms with van der Waals surface area (Å²) in [7, 11) is 0. The Hall–Kier alpha value is -3.22. The van der Waals surface area contributed by atoms with Crippen LogP contribution in [0.1, 0.15) is 10.4 Å². The Labute approximate surface area is 118 Å². The first-order valence-electron chi connectivity index (χ1n) is 6.34. The molecule has 0 bridgehead atoms. The molecule has 0 saturated carbocycles. The molecule has 0 radical (unpaired) electrons. The lowest BCUT2D eigenvalue weighted by Crippen LogP contribution is -2.13. The van der Waals surface area contributed by atoms with E-state index in [9.17, 15) is 4.79 Å². The second-order valence-corrected chi connectivity index (χ2v) is 4.56. The molecule has 4 aromatic rings. The van der Waals surface area contributed by atoms with Gasteiger partial charge in [0.25, 0.3) is 5.91 Å². The Kier molecular flexibility index (Phi) is 2.43. The van der Waals surface area contributed by atoms with Gasteiger partial charge in [-0.1, -0.05) is 0 Å². The van der Waals surface area contributed by atoms with Crippen LogP contribution in [0, 0.1) is 0 Å². The third kappa shape index (κ3) is 1.91. The molecule has 0 aliphatic heterocycles. The summed E-state index contributed by atoms with van der Waals surface area (Å²) in [4.78, 5) is 16.5. The second-order valence-electron chi connectivity index (χ2n) is 4.56. The number of amides is 1. The van der Waals surface area contributed by atoms with E-state index < -0.39 is 0 Å². The highest BCUT2D eigenvalue weighted by Gasteiger charge is 2.11. The van der Waals surface area contributed by atoms with E-state index in [1.165, 1.54) is 0 Å². The van der Waals surface area contributed by atoms with Crippen LogP contribution in [0.3, 0.4) is 0 Å². The van der Waals surface area contributed by atoms with Gasteiger partial charge in [-0.05, 0) is 30.3 Å². The van der Waals surface area contributed by atoms with Gasteiger partial charge in [0.15, 0.2) is 11.5 Å². The predicted octanol–water partition coefficient (Wildman–Crippen LogP) is 1.86. The minimum absolute atomic E-state index is 0.217. The van der Waals surface area contributed by atoms with Crippen LogP contribution in [0.25, 0.3) is 16.6 Å². The molecule has 0 unspecified atom stereocenters. The van der Waals surface area contributed by atoms with Crippen LogP contribution in [0.5, 0.6) is 0 Å². The van der Waals surface area contributed by atoms with Crippen molar-refractivity contribution in [2.75, 3.05) is 5.32 Å². The van der Waals surface area contributed by atoms with Gasteiger partial charge >= 0.3 is 0 Å². The van der Waals surface area contributed by atoms with E-state index in [4.69, 9.17) is 0 Å². The highest BCUT2D eigenvalue weighted by Crippen LogP contribution is 2.15. The number of rotatable bonds is 2. The number of benzene rings is 1. The van der Waals surface area contributed by atoms with Crippen molar-refractivity contribution in [3.05, 3.63) is 54.5 Å². The van der Waals surface area contributed by atoms with Crippen LogP contribution >= 0.6 is 0 Å². The number of imidazole rings is 1.